The van der Waals surface area contributed by atoms with Crippen LogP contribution in [0.5, 0.6) is 0 Å². The second-order valence-corrected chi connectivity index (χ2v) is 4.37. The van der Waals surface area contributed by atoms with Crippen molar-refractivity contribution in [1.82, 2.24) is 5.32 Å². The number of rotatable bonds is 3. The number of anilines is 1. The minimum absolute atomic E-state index is 0.265. The maximum absolute atomic E-state index is 12.9. The largest absolute Gasteiger partial charge is 0.387 e. The first-order valence-corrected chi connectivity index (χ1v) is 5.61. The number of benzene rings is 1. The SMILES string of the molecule is OC1(CNc2cccc(F)c2)CCCNC1. The molecule has 1 aliphatic rings. The Bertz CT molecular complexity index is 351. The normalized spacial score (nSPS) is 25.4. The first-order valence-electron chi connectivity index (χ1n) is 5.61. The number of aliphatic hydroxyl groups is 1. The molecule has 0 radical (unpaired) electrons. The smallest absolute Gasteiger partial charge is 0.125 e. The van der Waals surface area contributed by atoms with Gasteiger partial charge in [0.25, 0.3) is 0 Å². The molecule has 0 amide bonds. The fourth-order valence-corrected chi connectivity index (χ4v) is 1.97. The maximum Gasteiger partial charge on any atom is 0.125 e. The zero-order valence-electron chi connectivity index (χ0n) is 9.17. The Hall–Kier alpha value is -1.13. The molecule has 1 heterocycles. The molecule has 3 N–H and O–H groups in total. The molecule has 0 aromatic heterocycles. The molecule has 0 saturated carbocycles. The van der Waals surface area contributed by atoms with Gasteiger partial charge in [0, 0.05) is 18.8 Å². The molecule has 1 aliphatic heterocycles. The Balaban J connectivity index is 1.91. The van der Waals surface area contributed by atoms with Gasteiger partial charge in [0.2, 0.25) is 0 Å². The predicted molar refractivity (Wildman–Crippen MR) is 61.9 cm³/mol. The Morgan fingerprint density at radius 3 is 3.06 bits per heavy atom. The van der Waals surface area contributed by atoms with E-state index in [-0.39, 0.29) is 5.82 Å². The van der Waals surface area contributed by atoms with Crippen molar-refractivity contribution >= 4 is 5.69 Å². The van der Waals surface area contributed by atoms with Crippen molar-refractivity contribution in [3.8, 4) is 0 Å². The first kappa shape index (κ1) is 11.4. The van der Waals surface area contributed by atoms with Crippen molar-refractivity contribution in [2.24, 2.45) is 0 Å². The molecule has 16 heavy (non-hydrogen) atoms. The quantitative estimate of drug-likeness (QED) is 0.726. The zero-order chi connectivity index (χ0) is 11.4. The van der Waals surface area contributed by atoms with Gasteiger partial charge in [0.15, 0.2) is 0 Å². The summed E-state index contributed by atoms with van der Waals surface area (Å²) < 4.78 is 12.9. The van der Waals surface area contributed by atoms with E-state index in [0.29, 0.717) is 18.8 Å². The van der Waals surface area contributed by atoms with Crippen molar-refractivity contribution in [3.63, 3.8) is 0 Å². The molecule has 1 aromatic rings. The molecule has 4 heteroatoms. The fraction of sp³-hybridized carbons (Fsp3) is 0.500. The minimum atomic E-state index is -0.718. The summed E-state index contributed by atoms with van der Waals surface area (Å²) in [5.41, 5.74) is -0.0103. The van der Waals surface area contributed by atoms with Gasteiger partial charge in [-0.15, -0.1) is 0 Å². The van der Waals surface area contributed by atoms with E-state index in [0.717, 1.165) is 19.4 Å². The second kappa shape index (κ2) is 4.80. The predicted octanol–water partition coefficient (Wildman–Crippen LogP) is 1.35. The molecule has 1 fully saturated rings. The van der Waals surface area contributed by atoms with Gasteiger partial charge in [0.05, 0.1) is 5.60 Å². The molecule has 0 bridgehead atoms. The highest BCUT2D eigenvalue weighted by Gasteiger charge is 2.28. The summed E-state index contributed by atoms with van der Waals surface area (Å²) in [4.78, 5) is 0. The van der Waals surface area contributed by atoms with Crippen LogP contribution >= 0.6 is 0 Å². The lowest BCUT2D eigenvalue weighted by molar-refractivity contribution is 0.0292. The summed E-state index contributed by atoms with van der Waals surface area (Å²) in [5, 5.41) is 16.4. The van der Waals surface area contributed by atoms with Crippen LogP contribution in [0.3, 0.4) is 0 Å². The second-order valence-electron chi connectivity index (χ2n) is 4.37. The summed E-state index contributed by atoms with van der Waals surface area (Å²) in [6.07, 6.45) is 1.75. The summed E-state index contributed by atoms with van der Waals surface area (Å²) in [6.45, 7) is 2.00. The third-order valence-corrected chi connectivity index (χ3v) is 2.90. The summed E-state index contributed by atoms with van der Waals surface area (Å²) in [6, 6.07) is 6.28. The van der Waals surface area contributed by atoms with Crippen LogP contribution in [0, 0.1) is 5.82 Å². The summed E-state index contributed by atoms with van der Waals surface area (Å²) in [7, 11) is 0. The van der Waals surface area contributed by atoms with Crippen LogP contribution in [0.4, 0.5) is 10.1 Å². The van der Waals surface area contributed by atoms with E-state index in [1.807, 2.05) is 0 Å². The van der Waals surface area contributed by atoms with E-state index in [2.05, 4.69) is 10.6 Å². The lowest BCUT2D eigenvalue weighted by Gasteiger charge is -2.33. The fourth-order valence-electron chi connectivity index (χ4n) is 1.97. The highest BCUT2D eigenvalue weighted by atomic mass is 19.1. The minimum Gasteiger partial charge on any atom is -0.387 e. The van der Waals surface area contributed by atoms with Gasteiger partial charge < -0.3 is 15.7 Å². The number of β-amino-alcohol motifs (C(OH)–C–C–N with tert-alkyl or cyclic N) is 1. The van der Waals surface area contributed by atoms with E-state index >= 15 is 0 Å². The Morgan fingerprint density at radius 1 is 1.50 bits per heavy atom. The third-order valence-electron chi connectivity index (χ3n) is 2.90. The van der Waals surface area contributed by atoms with Crippen molar-refractivity contribution in [2.45, 2.75) is 18.4 Å². The van der Waals surface area contributed by atoms with E-state index in [9.17, 15) is 9.50 Å². The standard InChI is InChI=1S/C12H17FN2O/c13-10-3-1-4-11(7-10)15-9-12(16)5-2-6-14-8-12/h1,3-4,7,14-16H,2,5-6,8-9H2. The van der Waals surface area contributed by atoms with Gasteiger partial charge in [0.1, 0.15) is 5.82 Å². The van der Waals surface area contributed by atoms with Gasteiger partial charge in [-0.3, -0.25) is 0 Å². The molecule has 88 valence electrons. The van der Waals surface area contributed by atoms with Gasteiger partial charge in [-0.05, 0) is 37.6 Å². The number of nitrogens with one attached hydrogen (secondary N) is 2. The van der Waals surface area contributed by atoms with Gasteiger partial charge in [-0.2, -0.15) is 0 Å². The average Bonchev–Trinajstić information content (AvgIpc) is 2.28. The van der Waals surface area contributed by atoms with E-state index in [1.165, 1.54) is 12.1 Å². The van der Waals surface area contributed by atoms with E-state index in [4.69, 9.17) is 0 Å². The van der Waals surface area contributed by atoms with Crippen LogP contribution in [-0.2, 0) is 0 Å². The summed E-state index contributed by atoms with van der Waals surface area (Å²) in [5.74, 6) is -0.265. The summed E-state index contributed by atoms with van der Waals surface area (Å²) >= 11 is 0. The average molecular weight is 224 g/mol. The van der Waals surface area contributed by atoms with Crippen LogP contribution in [0.15, 0.2) is 24.3 Å². The lowest BCUT2D eigenvalue weighted by atomic mass is 9.94. The topological polar surface area (TPSA) is 44.3 Å². The lowest BCUT2D eigenvalue weighted by Crippen LogP contribution is -2.50. The third kappa shape index (κ3) is 2.93. The monoisotopic (exact) mass is 224 g/mol. The molecule has 1 unspecified atom stereocenters. The number of piperidine rings is 1. The number of halogens is 1. The van der Waals surface area contributed by atoms with Crippen molar-refractivity contribution in [2.75, 3.05) is 25.0 Å². The molecule has 2 rings (SSSR count). The van der Waals surface area contributed by atoms with Crippen molar-refractivity contribution < 1.29 is 9.50 Å². The Kier molecular flexibility index (Phi) is 3.41. The van der Waals surface area contributed by atoms with E-state index in [1.54, 1.807) is 12.1 Å². The van der Waals surface area contributed by atoms with Crippen LogP contribution in [0.2, 0.25) is 0 Å². The maximum atomic E-state index is 12.9. The molecular formula is C12H17FN2O. The Labute approximate surface area is 94.7 Å². The van der Waals surface area contributed by atoms with Gasteiger partial charge in [-0.25, -0.2) is 4.39 Å². The van der Waals surface area contributed by atoms with E-state index < -0.39 is 5.60 Å². The number of hydrogen-bond acceptors (Lipinski definition) is 3. The molecule has 1 saturated heterocycles. The van der Waals surface area contributed by atoms with Crippen molar-refractivity contribution in [1.29, 1.82) is 0 Å². The van der Waals surface area contributed by atoms with Crippen LogP contribution in [0.25, 0.3) is 0 Å². The highest BCUT2D eigenvalue weighted by molar-refractivity contribution is 5.43. The molecule has 0 spiro atoms. The molecule has 1 aromatic carbocycles. The first-order chi connectivity index (χ1) is 7.68. The highest BCUT2D eigenvalue weighted by Crippen LogP contribution is 2.17. The molecule has 3 nitrogen and oxygen atoms in total. The Morgan fingerprint density at radius 2 is 2.38 bits per heavy atom. The van der Waals surface area contributed by atoms with Crippen LogP contribution in [0.1, 0.15) is 12.8 Å². The van der Waals surface area contributed by atoms with Gasteiger partial charge >= 0.3 is 0 Å². The zero-order valence-corrected chi connectivity index (χ0v) is 9.17. The van der Waals surface area contributed by atoms with Gasteiger partial charge in [-0.1, -0.05) is 6.07 Å². The number of hydrogen-bond donors (Lipinski definition) is 3. The molecule has 0 aliphatic carbocycles. The molecular weight excluding hydrogens is 207 g/mol. The van der Waals surface area contributed by atoms with Crippen LogP contribution < -0.4 is 10.6 Å². The molecule has 1 atom stereocenters. The van der Waals surface area contributed by atoms with Crippen molar-refractivity contribution in [3.05, 3.63) is 30.1 Å². The van der Waals surface area contributed by atoms with Crippen LogP contribution in [-0.4, -0.2) is 30.3 Å².